The Kier molecular flexibility index (Phi) is 5.14. The Morgan fingerprint density at radius 1 is 1.15 bits per heavy atom. The van der Waals surface area contributed by atoms with Crippen LogP contribution in [-0.2, 0) is 9.84 Å². The molecule has 2 aliphatic rings. The third-order valence-corrected chi connectivity index (χ3v) is 7.13. The van der Waals surface area contributed by atoms with E-state index in [2.05, 4.69) is 10.2 Å². The van der Waals surface area contributed by atoms with Gasteiger partial charge in [0.15, 0.2) is 9.84 Å². The van der Waals surface area contributed by atoms with E-state index in [0.717, 1.165) is 19.1 Å². The standard InChI is InChI=1S/C15H30N2O2S/c1-15(2,3)20(18,19)11-10-17-9-5-4-6-14(17)12-16-13-7-8-13/h13-14,16H,4-12H2,1-3H3. The van der Waals surface area contributed by atoms with Crippen LogP contribution in [0, 0.1) is 0 Å². The summed E-state index contributed by atoms with van der Waals surface area (Å²) in [6, 6.07) is 1.26. The first-order chi connectivity index (χ1) is 9.29. The molecule has 0 spiro atoms. The van der Waals surface area contributed by atoms with Gasteiger partial charge in [0.25, 0.3) is 0 Å². The van der Waals surface area contributed by atoms with Gasteiger partial charge >= 0.3 is 0 Å². The molecule has 20 heavy (non-hydrogen) atoms. The van der Waals surface area contributed by atoms with Crippen LogP contribution in [0.3, 0.4) is 0 Å². The number of piperidine rings is 1. The van der Waals surface area contributed by atoms with Crippen molar-refractivity contribution in [3.8, 4) is 0 Å². The molecular weight excluding hydrogens is 272 g/mol. The first-order valence-corrected chi connectivity index (χ1v) is 9.64. The van der Waals surface area contributed by atoms with E-state index in [9.17, 15) is 8.42 Å². The molecule has 0 aromatic carbocycles. The number of rotatable bonds is 6. The van der Waals surface area contributed by atoms with E-state index in [-0.39, 0.29) is 5.75 Å². The molecular formula is C15H30N2O2S. The normalized spacial score (nSPS) is 25.9. The molecule has 1 saturated heterocycles. The van der Waals surface area contributed by atoms with E-state index in [1.54, 1.807) is 20.8 Å². The lowest BCUT2D eigenvalue weighted by atomic mass is 10.0. The van der Waals surface area contributed by atoms with Gasteiger partial charge in [-0.05, 0) is 53.0 Å². The number of hydrogen-bond donors (Lipinski definition) is 1. The Morgan fingerprint density at radius 2 is 1.85 bits per heavy atom. The van der Waals surface area contributed by atoms with Crippen molar-refractivity contribution in [2.45, 2.75) is 69.7 Å². The van der Waals surface area contributed by atoms with Gasteiger partial charge in [-0.3, -0.25) is 4.90 Å². The third-order valence-electron chi connectivity index (χ3n) is 4.55. The molecule has 0 aromatic rings. The molecule has 2 fully saturated rings. The SMILES string of the molecule is CC(C)(C)S(=O)(=O)CCN1CCCCC1CNC1CC1. The first-order valence-electron chi connectivity index (χ1n) is 7.99. The van der Waals surface area contributed by atoms with Gasteiger partial charge < -0.3 is 5.32 Å². The summed E-state index contributed by atoms with van der Waals surface area (Å²) in [5.74, 6) is 0.288. The van der Waals surface area contributed by atoms with Crippen molar-refractivity contribution in [2.75, 3.05) is 25.4 Å². The molecule has 1 saturated carbocycles. The average molecular weight is 302 g/mol. The van der Waals surface area contributed by atoms with Crippen LogP contribution in [0.4, 0.5) is 0 Å². The van der Waals surface area contributed by atoms with Crippen LogP contribution in [-0.4, -0.2) is 55.5 Å². The third kappa shape index (κ3) is 4.43. The molecule has 0 amide bonds. The predicted molar refractivity (Wildman–Crippen MR) is 83.8 cm³/mol. The fourth-order valence-electron chi connectivity index (χ4n) is 2.72. The van der Waals surface area contributed by atoms with Crippen molar-refractivity contribution < 1.29 is 8.42 Å². The smallest absolute Gasteiger partial charge is 0.156 e. The number of likely N-dealkylation sites (tertiary alicyclic amines) is 1. The second-order valence-corrected chi connectivity index (χ2v) is 10.2. The lowest BCUT2D eigenvalue weighted by Crippen LogP contribution is -2.48. The molecule has 1 N–H and O–H groups in total. The van der Waals surface area contributed by atoms with E-state index < -0.39 is 14.6 Å². The first kappa shape index (κ1) is 16.2. The molecule has 2 rings (SSSR count). The van der Waals surface area contributed by atoms with Crippen molar-refractivity contribution in [2.24, 2.45) is 0 Å². The van der Waals surface area contributed by atoms with Crippen LogP contribution < -0.4 is 5.32 Å². The monoisotopic (exact) mass is 302 g/mol. The molecule has 1 aliphatic carbocycles. The molecule has 1 atom stereocenters. The highest BCUT2D eigenvalue weighted by molar-refractivity contribution is 7.92. The Hall–Kier alpha value is -0.130. The van der Waals surface area contributed by atoms with Crippen LogP contribution in [0.5, 0.6) is 0 Å². The molecule has 1 unspecified atom stereocenters. The maximum Gasteiger partial charge on any atom is 0.156 e. The van der Waals surface area contributed by atoms with Gasteiger partial charge in [-0.1, -0.05) is 6.42 Å². The van der Waals surface area contributed by atoms with Crippen LogP contribution in [0.2, 0.25) is 0 Å². The summed E-state index contributed by atoms with van der Waals surface area (Å²) in [7, 11) is -3.00. The summed E-state index contributed by atoms with van der Waals surface area (Å²) in [6.45, 7) is 8.16. The molecule has 118 valence electrons. The lowest BCUT2D eigenvalue weighted by Gasteiger charge is -2.36. The summed E-state index contributed by atoms with van der Waals surface area (Å²) in [5, 5.41) is 3.59. The minimum atomic E-state index is -3.00. The maximum absolute atomic E-state index is 12.2. The highest BCUT2D eigenvalue weighted by Gasteiger charge is 2.31. The van der Waals surface area contributed by atoms with Crippen LogP contribution in [0.15, 0.2) is 0 Å². The van der Waals surface area contributed by atoms with E-state index in [1.165, 1.54) is 32.1 Å². The van der Waals surface area contributed by atoms with Crippen molar-refractivity contribution in [1.29, 1.82) is 0 Å². The fourth-order valence-corrected chi connectivity index (χ4v) is 3.81. The van der Waals surface area contributed by atoms with E-state index >= 15 is 0 Å². The highest BCUT2D eigenvalue weighted by atomic mass is 32.2. The van der Waals surface area contributed by atoms with Crippen molar-refractivity contribution >= 4 is 9.84 Å². The molecule has 0 aromatic heterocycles. The Balaban J connectivity index is 1.84. The van der Waals surface area contributed by atoms with Gasteiger partial charge in [0, 0.05) is 25.2 Å². The second-order valence-electron chi connectivity index (χ2n) is 7.30. The minimum Gasteiger partial charge on any atom is -0.312 e. The van der Waals surface area contributed by atoms with Crippen LogP contribution in [0.25, 0.3) is 0 Å². The number of nitrogens with zero attached hydrogens (tertiary/aromatic N) is 1. The average Bonchev–Trinajstić information content (AvgIpc) is 3.17. The molecule has 1 heterocycles. The topological polar surface area (TPSA) is 49.4 Å². The summed E-state index contributed by atoms with van der Waals surface area (Å²) >= 11 is 0. The second kappa shape index (κ2) is 6.32. The van der Waals surface area contributed by atoms with E-state index in [4.69, 9.17) is 0 Å². The molecule has 0 radical (unpaired) electrons. The van der Waals surface area contributed by atoms with Gasteiger partial charge in [0.2, 0.25) is 0 Å². The van der Waals surface area contributed by atoms with Crippen LogP contribution in [0.1, 0.15) is 52.9 Å². The zero-order chi connectivity index (χ0) is 14.8. The summed E-state index contributed by atoms with van der Waals surface area (Å²) in [5.41, 5.74) is 0. The van der Waals surface area contributed by atoms with Gasteiger partial charge in [0.05, 0.1) is 10.5 Å². The zero-order valence-corrected chi connectivity index (χ0v) is 14.0. The summed E-state index contributed by atoms with van der Waals surface area (Å²) < 4.78 is 23.8. The number of hydrogen-bond acceptors (Lipinski definition) is 4. The maximum atomic E-state index is 12.2. The molecule has 1 aliphatic heterocycles. The zero-order valence-electron chi connectivity index (χ0n) is 13.2. The van der Waals surface area contributed by atoms with Crippen molar-refractivity contribution in [3.05, 3.63) is 0 Å². The molecule has 4 nitrogen and oxygen atoms in total. The molecule has 5 heteroatoms. The van der Waals surface area contributed by atoms with Gasteiger partial charge in [-0.2, -0.15) is 0 Å². The van der Waals surface area contributed by atoms with E-state index in [1.807, 2.05) is 0 Å². The summed E-state index contributed by atoms with van der Waals surface area (Å²) in [6.07, 6.45) is 6.31. The Labute approximate surface area is 124 Å². The van der Waals surface area contributed by atoms with Gasteiger partial charge in [-0.15, -0.1) is 0 Å². The fraction of sp³-hybridized carbons (Fsp3) is 1.00. The largest absolute Gasteiger partial charge is 0.312 e. The Bertz CT molecular complexity index is 410. The van der Waals surface area contributed by atoms with Crippen molar-refractivity contribution in [1.82, 2.24) is 10.2 Å². The quantitative estimate of drug-likeness (QED) is 0.813. The minimum absolute atomic E-state index is 0.288. The summed E-state index contributed by atoms with van der Waals surface area (Å²) in [4.78, 5) is 2.39. The Morgan fingerprint density at radius 3 is 2.45 bits per heavy atom. The van der Waals surface area contributed by atoms with Gasteiger partial charge in [0.1, 0.15) is 0 Å². The van der Waals surface area contributed by atoms with Crippen LogP contribution >= 0.6 is 0 Å². The lowest BCUT2D eigenvalue weighted by molar-refractivity contribution is 0.153. The number of sulfone groups is 1. The van der Waals surface area contributed by atoms with Crippen molar-refractivity contribution in [3.63, 3.8) is 0 Å². The van der Waals surface area contributed by atoms with Gasteiger partial charge in [-0.25, -0.2) is 8.42 Å². The highest BCUT2D eigenvalue weighted by Crippen LogP contribution is 2.22. The number of nitrogens with one attached hydrogen (secondary N) is 1. The molecule has 0 bridgehead atoms. The predicted octanol–water partition coefficient (Wildman–Crippen LogP) is 1.81. The van der Waals surface area contributed by atoms with E-state index in [0.29, 0.717) is 12.6 Å².